The standard InChI is InChI=1S/C15H21N3O2S/c1-2-3-5-11(9-16)17-14(19)8-12-10-20-15(18-12)13-6-4-7-21-13/h4,6-7,10-11H,2-3,5,8-9,16H2,1H3,(H,17,19). The first-order chi connectivity index (χ1) is 10.2. The van der Waals surface area contributed by atoms with Crippen LogP contribution in [-0.2, 0) is 11.2 Å². The molecule has 0 aliphatic rings. The minimum Gasteiger partial charge on any atom is -0.444 e. The lowest BCUT2D eigenvalue weighted by atomic mass is 10.1. The molecule has 0 fully saturated rings. The van der Waals surface area contributed by atoms with Gasteiger partial charge in [-0.15, -0.1) is 11.3 Å². The SMILES string of the molecule is CCCCC(CN)NC(=O)Cc1coc(-c2cccs2)n1. The second kappa shape index (κ2) is 7.95. The van der Waals surface area contributed by atoms with Crippen LogP contribution in [0, 0.1) is 0 Å². The van der Waals surface area contributed by atoms with Crippen molar-refractivity contribution in [3.05, 3.63) is 29.5 Å². The van der Waals surface area contributed by atoms with Crippen LogP contribution in [0.15, 0.2) is 28.2 Å². The molecule has 1 unspecified atom stereocenters. The van der Waals surface area contributed by atoms with Crippen molar-refractivity contribution in [1.82, 2.24) is 10.3 Å². The Morgan fingerprint density at radius 1 is 1.57 bits per heavy atom. The maximum Gasteiger partial charge on any atom is 0.236 e. The van der Waals surface area contributed by atoms with Crippen LogP contribution in [0.5, 0.6) is 0 Å². The number of hydrogen-bond donors (Lipinski definition) is 2. The maximum atomic E-state index is 12.0. The molecule has 2 rings (SSSR count). The predicted octanol–water partition coefficient (Wildman–Crippen LogP) is 2.58. The first-order valence-corrected chi connectivity index (χ1v) is 8.08. The molecule has 0 saturated heterocycles. The molecule has 114 valence electrons. The van der Waals surface area contributed by atoms with E-state index >= 15 is 0 Å². The maximum absolute atomic E-state index is 12.0. The molecule has 1 atom stereocenters. The van der Waals surface area contributed by atoms with Crippen LogP contribution in [0.1, 0.15) is 31.9 Å². The highest BCUT2D eigenvalue weighted by molar-refractivity contribution is 7.13. The lowest BCUT2D eigenvalue weighted by molar-refractivity contribution is -0.121. The van der Waals surface area contributed by atoms with Crippen molar-refractivity contribution in [2.24, 2.45) is 5.73 Å². The van der Waals surface area contributed by atoms with Gasteiger partial charge in [-0.25, -0.2) is 4.98 Å². The predicted molar refractivity (Wildman–Crippen MR) is 84.0 cm³/mol. The van der Waals surface area contributed by atoms with E-state index in [0.29, 0.717) is 18.1 Å². The highest BCUT2D eigenvalue weighted by Gasteiger charge is 2.14. The fraction of sp³-hybridized carbons (Fsp3) is 0.467. The zero-order valence-electron chi connectivity index (χ0n) is 12.2. The lowest BCUT2D eigenvalue weighted by Gasteiger charge is -2.15. The van der Waals surface area contributed by atoms with Gasteiger partial charge in [-0.1, -0.05) is 25.8 Å². The van der Waals surface area contributed by atoms with E-state index in [2.05, 4.69) is 17.2 Å². The van der Waals surface area contributed by atoms with Crippen molar-refractivity contribution in [3.8, 4) is 10.8 Å². The smallest absolute Gasteiger partial charge is 0.236 e. The summed E-state index contributed by atoms with van der Waals surface area (Å²) in [4.78, 5) is 17.3. The van der Waals surface area contributed by atoms with Gasteiger partial charge in [0, 0.05) is 12.6 Å². The zero-order chi connectivity index (χ0) is 15.1. The third-order valence-corrected chi connectivity index (χ3v) is 4.04. The summed E-state index contributed by atoms with van der Waals surface area (Å²) in [5.41, 5.74) is 6.32. The third kappa shape index (κ3) is 4.68. The van der Waals surface area contributed by atoms with Crippen molar-refractivity contribution < 1.29 is 9.21 Å². The highest BCUT2D eigenvalue weighted by Crippen LogP contribution is 2.23. The fourth-order valence-corrected chi connectivity index (χ4v) is 2.70. The Morgan fingerprint density at radius 3 is 3.10 bits per heavy atom. The summed E-state index contributed by atoms with van der Waals surface area (Å²) in [7, 11) is 0. The molecule has 0 radical (unpaired) electrons. The number of carbonyl (C=O) groups is 1. The van der Waals surface area contributed by atoms with Crippen LogP contribution in [-0.4, -0.2) is 23.5 Å². The quantitative estimate of drug-likeness (QED) is 0.785. The van der Waals surface area contributed by atoms with Crippen molar-refractivity contribution in [1.29, 1.82) is 0 Å². The van der Waals surface area contributed by atoms with Crippen molar-refractivity contribution in [2.75, 3.05) is 6.54 Å². The first kappa shape index (κ1) is 15.7. The number of nitrogens with two attached hydrogens (primary N) is 1. The molecular formula is C15H21N3O2S. The van der Waals surface area contributed by atoms with Crippen molar-refractivity contribution in [3.63, 3.8) is 0 Å². The Labute approximate surface area is 128 Å². The molecule has 2 aromatic rings. The van der Waals surface area contributed by atoms with Gasteiger partial charge in [-0.3, -0.25) is 4.79 Å². The zero-order valence-corrected chi connectivity index (χ0v) is 13.0. The Hall–Kier alpha value is -1.66. The topological polar surface area (TPSA) is 81.1 Å². The van der Waals surface area contributed by atoms with Gasteiger partial charge in [-0.05, 0) is 17.9 Å². The number of hydrogen-bond acceptors (Lipinski definition) is 5. The summed E-state index contributed by atoms with van der Waals surface area (Å²) in [5, 5.41) is 4.91. The molecule has 5 nitrogen and oxygen atoms in total. The molecule has 3 N–H and O–H groups in total. The largest absolute Gasteiger partial charge is 0.444 e. The molecule has 6 heteroatoms. The summed E-state index contributed by atoms with van der Waals surface area (Å²) in [5.74, 6) is 0.502. The van der Waals surface area contributed by atoms with Gasteiger partial charge in [-0.2, -0.15) is 0 Å². The summed E-state index contributed by atoms with van der Waals surface area (Å²) in [6, 6.07) is 3.92. The van der Waals surface area contributed by atoms with E-state index < -0.39 is 0 Å². The van der Waals surface area contributed by atoms with Gasteiger partial charge >= 0.3 is 0 Å². The monoisotopic (exact) mass is 307 g/mol. The number of rotatable bonds is 8. The summed E-state index contributed by atoms with van der Waals surface area (Å²) < 4.78 is 5.40. The number of unbranched alkanes of at least 4 members (excludes halogenated alkanes) is 1. The fourth-order valence-electron chi connectivity index (χ4n) is 2.04. The summed E-state index contributed by atoms with van der Waals surface area (Å²) >= 11 is 1.56. The first-order valence-electron chi connectivity index (χ1n) is 7.20. The van der Waals surface area contributed by atoms with E-state index in [-0.39, 0.29) is 18.4 Å². The average molecular weight is 307 g/mol. The van der Waals surface area contributed by atoms with Crippen LogP contribution in [0.3, 0.4) is 0 Å². The van der Waals surface area contributed by atoms with Gasteiger partial charge in [0.25, 0.3) is 0 Å². The Bertz CT molecular complexity index is 551. The average Bonchev–Trinajstić information content (AvgIpc) is 3.13. The molecule has 21 heavy (non-hydrogen) atoms. The Kier molecular flexibility index (Phi) is 5.95. The molecule has 0 saturated carbocycles. The van der Waals surface area contributed by atoms with E-state index in [9.17, 15) is 4.79 Å². The minimum absolute atomic E-state index is 0.0427. The van der Waals surface area contributed by atoms with E-state index in [0.717, 1.165) is 24.1 Å². The summed E-state index contributed by atoms with van der Waals surface area (Å²) in [6.07, 6.45) is 4.84. The second-order valence-electron chi connectivity index (χ2n) is 4.94. The van der Waals surface area contributed by atoms with E-state index in [1.54, 1.807) is 11.3 Å². The third-order valence-electron chi connectivity index (χ3n) is 3.18. The van der Waals surface area contributed by atoms with Gasteiger partial charge in [0.15, 0.2) is 0 Å². The number of amides is 1. The van der Waals surface area contributed by atoms with Gasteiger partial charge < -0.3 is 15.5 Å². The Morgan fingerprint density at radius 2 is 2.43 bits per heavy atom. The number of oxazole rings is 1. The molecule has 0 aliphatic carbocycles. The molecule has 0 bridgehead atoms. The molecule has 2 aromatic heterocycles. The minimum atomic E-state index is -0.0624. The second-order valence-corrected chi connectivity index (χ2v) is 5.89. The summed E-state index contributed by atoms with van der Waals surface area (Å²) in [6.45, 7) is 2.59. The number of aromatic nitrogens is 1. The van der Waals surface area contributed by atoms with Crippen LogP contribution >= 0.6 is 11.3 Å². The van der Waals surface area contributed by atoms with Crippen LogP contribution in [0.4, 0.5) is 0 Å². The van der Waals surface area contributed by atoms with E-state index in [1.165, 1.54) is 6.26 Å². The molecule has 0 aliphatic heterocycles. The van der Waals surface area contributed by atoms with Crippen LogP contribution < -0.4 is 11.1 Å². The normalized spacial score (nSPS) is 12.3. The molecule has 0 aromatic carbocycles. The van der Waals surface area contributed by atoms with Gasteiger partial charge in [0.05, 0.1) is 17.0 Å². The number of carbonyl (C=O) groups excluding carboxylic acids is 1. The van der Waals surface area contributed by atoms with E-state index in [1.807, 2.05) is 17.5 Å². The van der Waals surface area contributed by atoms with Crippen LogP contribution in [0.2, 0.25) is 0 Å². The molecule has 0 spiro atoms. The molecule has 1 amide bonds. The molecule has 2 heterocycles. The highest BCUT2D eigenvalue weighted by atomic mass is 32.1. The number of thiophene rings is 1. The van der Waals surface area contributed by atoms with Gasteiger partial charge in [0.1, 0.15) is 6.26 Å². The van der Waals surface area contributed by atoms with Crippen molar-refractivity contribution >= 4 is 17.2 Å². The number of nitrogens with one attached hydrogen (secondary N) is 1. The van der Waals surface area contributed by atoms with E-state index in [4.69, 9.17) is 10.2 Å². The van der Waals surface area contributed by atoms with Gasteiger partial charge in [0.2, 0.25) is 11.8 Å². The lowest BCUT2D eigenvalue weighted by Crippen LogP contribution is -2.40. The Balaban J connectivity index is 1.88. The van der Waals surface area contributed by atoms with Crippen molar-refractivity contribution in [2.45, 2.75) is 38.6 Å². The number of nitrogens with zero attached hydrogens (tertiary/aromatic N) is 1. The van der Waals surface area contributed by atoms with Crippen LogP contribution in [0.25, 0.3) is 10.8 Å². The molecular weight excluding hydrogens is 286 g/mol.